The molecule has 0 aromatic heterocycles. The molecule has 0 saturated heterocycles. The quantitative estimate of drug-likeness (QED) is 0.743. The summed E-state index contributed by atoms with van der Waals surface area (Å²) in [6, 6.07) is 4.99. The van der Waals surface area contributed by atoms with E-state index in [0.29, 0.717) is 10.8 Å². The molecule has 1 aromatic carbocycles. The maximum Gasteiger partial charge on any atom is 0.416 e. The second-order valence-electron chi connectivity index (χ2n) is 7.28. The van der Waals surface area contributed by atoms with E-state index in [-0.39, 0.29) is 11.0 Å². The molecule has 0 fully saturated rings. The summed E-state index contributed by atoms with van der Waals surface area (Å²) in [6.07, 6.45) is -3.50. The number of hydrogen-bond acceptors (Lipinski definition) is 1. The minimum Gasteiger partial charge on any atom is -0.358 e. The van der Waals surface area contributed by atoms with Crippen molar-refractivity contribution in [1.29, 1.82) is 0 Å². The largest absolute Gasteiger partial charge is 0.416 e. The van der Waals surface area contributed by atoms with Gasteiger partial charge < -0.3 is 10.6 Å². The minimum atomic E-state index is -4.36. The average molecular weight is 332 g/mol. The van der Waals surface area contributed by atoms with Gasteiger partial charge in [-0.25, -0.2) is 0 Å². The molecule has 124 valence electrons. The van der Waals surface area contributed by atoms with E-state index >= 15 is 0 Å². The maximum absolute atomic E-state index is 12.7. The van der Waals surface area contributed by atoms with E-state index < -0.39 is 11.7 Å². The average Bonchev–Trinajstić information content (AvgIpc) is 2.23. The number of hydrogen-bond donors (Lipinski definition) is 2. The maximum atomic E-state index is 12.7. The lowest BCUT2D eigenvalue weighted by Crippen LogP contribution is -2.47. The smallest absolute Gasteiger partial charge is 0.358 e. The molecule has 0 amide bonds. The number of halogens is 3. The summed E-state index contributed by atoms with van der Waals surface area (Å²) >= 11 is 5.21. The van der Waals surface area contributed by atoms with E-state index in [2.05, 4.69) is 31.4 Å². The Hall–Kier alpha value is -1.30. The zero-order valence-electron chi connectivity index (χ0n) is 13.6. The van der Waals surface area contributed by atoms with Crippen molar-refractivity contribution >= 4 is 23.0 Å². The van der Waals surface area contributed by atoms with Gasteiger partial charge in [-0.05, 0) is 56.1 Å². The summed E-state index contributed by atoms with van der Waals surface area (Å²) in [6.45, 7) is 10.4. The van der Waals surface area contributed by atoms with Gasteiger partial charge in [0.2, 0.25) is 0 Å². The van der Waals surface area contributed by atoms with E-state index in [4.69, 9.17) is 12.2 Å². The lowest BCUT2D eigenvalue weighted by Gasteiger charge is -2.34. The third kappa shape index (κ3) is 6.64. The Balaban J connectivity index is 2.74. The zero-order valence-corrected chi connectivity index (χ0v) is 14.4. The molecule has 0 spiro atoms. The van der Waals surface area contributed by atoms with Crippen molar-refractivity contribution in [1.82, 2.24) is 5.32 Å². The second kappa shape index (κ2) is 6.44. The fourth-order valence-corrected chi connectivity index (χ4v) is 3.01. The monoisotopic (exact) mass is 332 g/mol. The van der Waals surface area contributed by atoms with E-state index in [1.54, 1.807) is 6.07 Å². The van der Waals surface area contributed by atoms with Gasteiger partial charge in [0.1, 0.15) is 0 Å². The van der Waals surface area contributed by atoms with Crippen molar-refractivity contribution in [2.45, 2.75) is 52.8 Å². The van der Waals surface area contributed by atoms with Crippen molar-refractivity contribution in [2.75, 3.05) is 5.32 Å². The third-order valence-electron chi connectivity index (χ3n) is 2.87. The fraction of sp³-hybridized carbons (Fsp3) is 0.562. The van der Waals surface area contributed by atoms with Crippen LogP contribution >= 0.6 is 12.2 Å². The van der Waals surface area contributed by atoms with Gasteiger partial charge in [0.05, 0.1) is 5.56 Å². The lowest BCUT2D eigenvalue weighted by atomic mass is 9.82. The summed E-state index contributed by atoms with van der Waals surface area (Å²) in [5.74, 6) is 0. The molecule has 2 nitrogen and oxygen atoms in total. The van der Waals surface area contributed by atoms with Crippen LogP contribution in [-0.4, -0.2) is 10.7 Å². The summed E-state index contributed by atoms with van der Waals surface area (Å²) < 4.78 is 38.1. The Kier molecular flexibility index (Phi) is 5.49. The van der Waals surface area contributed by atoms with Crippen LogP contribution in [0.3, 0.4) is 0 Å². The summed E-state index contributed by atoms with van der Waals surface area (Å²) in [7, 11) is 0. The third-order valence-corrected chi connectivity index (χ3v) is 3.08. The minimum absolute atomic E-state index is 0.113. The van der Waals surface area contributed by atoms with Gasteiger partial charge in [-0.3, -0.25) is 0 Å². The number of benzene rings is 1. The van der Waals surface area contributed by atoms with E-state index in [9.17, 15) is 13.2 Å². The number of alkyl halides is 3. The first kappa shape index (κ1) is 18.7. The first-order valence-corrected chi connectivity index (χ1v) is 7.46. The van der Waals surface area contributed by atoms with Crippen LogP contribution in [0.1, 0.15) is 46.6 Å². The van der Waals surface area contributed by atoms with E-state index in [0.717, 1.165) is 18.6 Å². The Labute approximate surface area is 135 Å². The highest BCUT2D eigenvalue weighted by Gasteiger charge is 2.30. The van der Waals surface area contributed by atoms with Gasteiger partial charge in [0.25, 0.3) is 0 Å². The zero-order chi connectivity index (χ0) is 17.2. The predicted octanol–water partition coefficient (Wildman–Crippen LogP) is 5.21. The molecule has 6 heteroatoms. The molecule has 1 rings (SSSR count). The number of thiocarbonyl (C=S) groups is 1. The van der Waals surface area contributed by atoms with Crippen LogP contribution in [0.25, 0.3) is 0 Å². The molecule has 0 bridgehead atoms. The van der Waals surface area contributed by atoms with Crippen LogP contribution in [-0.2, 0) is 6.18 Å². The van der Waals surface area contributed by atoms with Crippen molar-refractivity contribution in [3.05, 3.63) is 29.8 Å². The molecule has 0 saturated carbocycles. The van der Waals surface area contributed by atoms with Gasteiger partial charge in [-0.15, -0.1) is 0 Å². The van der Waals surface area contributed by atoms with Crippen molar-refractivity contribution in [2.24, 2.45) is 5.41 Å². The van der Waals surface area contributed by atoms with E-state index in [1.807, 2.05) is 13.8 Å². The van der Waals surface area contributed by atoms with Crippen molar-refractivity contribution in [3.63, 3.8) is 0 Å². The Morgan fingerprint density at radius 2 is 1.68 bits per heavy atom. The van der Waals surface area contributed by atoms with Gasteiger partial charge in [-0.1, -0.05) is 26.8 Å². The van der Waals surface area contributed by atoms with Crippen LogP contribution in [0.5, 0.6) is 0 Å². The molecule has 0 heterocycles. The van der Waals surface area contributed by atoms with E-state index in [1.165, 1.54) is 6.07 Å². The summed E-state index contributed by atoms with van der Waals surface area (Å²) in [4.78, 5) is 0. The van der Waals surface area contributed by atoms with Gasteiger partial charge >= 0.3 is 6.18 Å². The molecule has 0 unspecified atom stereocenters. The Morgan fingerprint density at radius 1 is 1.09 bits per heavy atom. The van der Waals surface area contributed by atoms with Gasteiger partial charge in [0.15, 0.2) is 5.11 Å². The normalized spacial score (nSPS) is 12.9. The van der Waals surface area contributed by atoms with Crippen molar-refractivity contribution in [3.8, 4) is 0 Å². The first-order valence-electron chi connectivity index (χ1n) is 7.05. The molecule has 0 aliphatic rings. The van der Waals surface area contributed by atoms with Crippen LogP contribution in [0, 0.1) is 5.41 Å². The highest BCUT2D eigenvalue weighted by Crippen LogP contribution is 2.31. The fourth-order valence-electron chi connectivity index (χ4n) is 2.61. The highest BCUT2D eigenvalue weighted by molar-refractivity contribution is 7.80. The number of rotatable bonds is 3. The highest BCUT2D eigenvalue weighted by atomic mass is 32.1. The topological polar surface area (TPSA) is 24.1 Å². The standard InChI is InChI=1S/C16H23F3N2S/c1-14(2,3)10-15(4,5)21-13(22)20-12-8-6-7-11(9-12)16(17,18)19/h6-9H,10H2,1-5H3,(H2,20,21,22). The predicted molar refractivity (Wildman–Crippen MR) is 89.0 cm³/mol. The van der Waals surface area contributed by atoms with Crippen LogP contribution in [0.2, 0.25) is 0 Å². The van der Waals surface area contributed by atoms with Crippen molar-refractivity contribution < 1.29 is 13.2 Å². The second-order valence-corrected chi connectivity index (χ2v) is 7.69. The van der Waals surface area contributed by atoms with Crippen LogP contribution < -0.4 is 10.6 Å². The molecule has 2 N–H and O–H groups in total. The molecule has 0 aliphatic carbocycles. The molecule has 0 atom stereocenters. The van der Waals surface area contributed by atoms with Crippen LogP contribution in [0.4, 0.5) is 18.9 Å². The lowest BCUT2D eigenvalue weighted by molar-refractivity contribution is -0.137. The summed E-state index contributed by atoms with van der Waals surface area (Å²) in [5, 5.41) is 6.29. The number of anilines is 1. The molecule has 22 heavy (non-hydrogen) atoms. The van der Waals surface area contributed by atoms with Crippen LogP contribution in [0.15, 0.2) is 24.3 Å². The molecule has 0 aliphatic heterocycles. The molecule has 1 aromatic rings. The van der Waals surface area contributed by atoms with Gasteiger partial charge in [-0.2, -0.15) is 13.2 Å². The Bertz CT molecular complexity index is 531. The number of nitrogens with one attached hydrogen (secondary N) is 2. The summed E-state index contributed by atoms with van der Waals surface area (Å²) in [5.41, 5.74) is -0.528. The Morgan fingerprint density at radius 3 is 2.18 bits per heavy atom. The molecule has 0 radical (unpaired) electrons. The SMILES string of the molecule is CC(C)(C)CC(C)(C)NC(=S)Nc1cccc(C(F)(F)F)c1. The molecular weight excluding hydrogens is 309 g/mol. The first-order chi connectivity index (χ1) is 9.78. The van der Waals surface area contributed by atoms with Gasteiger partial charge in [0, 0.05) is 11.2 Å². The molecular formula is C16H23F3N2S.